The molecule has 4 rings (SSSR count). The maximum Gasteiger partial charge on any atom is 0.255 e. The van der Waals surface area contributed by atoms with Gasteiger partial charge >= 0.3 is 0 Å². The van der Waals surface area contributed by atoms with Crippen molar-refractivity contribution in [1.29, 1.82) is 0 Å². The molecule has 2 fully saturated rings. The summed E-state index contributed by atoms with van der Waals surface area (Å²) in [6.07, 6.45) is 1.58. The van der Waals surface area contributed by atoms with Gasteiger partial charge in [-0.3, -0.25) is 4.79 Å². The number of sulfonamides is 1. The Morgan fingerprint density at radius 2 is 1.84 bits per heavy atom. The Hall–Kier alpha value is -2.17. The Labute approximate surface area is 192 Å². The van der Waals surface area contributed by atoms with Crippen molar-refractivity contribution in [2.75, 3.05) is 49.7 Å². The molecule has 8 nitrogen and oxygen atoms in total. The molecule has 32 heavy (non-hydrogen) atoms. The Morgan fingerprint density at radius 3 is 2.53 bits per heavy atom. The molecule has 2 N–H and O–H groups in total. The van der Waals surface area contributed by atoms with E-state index in [9.17, 15) is 13.2 Å². The zero-order valence-corrected chi connectivity index (χ0v) is 19.1. The molecule has 0 saturated carbocycles. The predicted octanol–water partition coefficient (Wildman–Crippen LogP) is 2.89. The van der Waals surface area contributed by atoms with Gasteiger partial charge in [-0.15, -0.1) is 0 Å². The summed E-state index contributed by atoms with van der Waals surface area (Å²) in [5, 5.41) is 2.85. The van der Waals surface area contributed by atoms with E-state index in [1.54, 1.807) is 0 Å². The van der Waals surface area contributed by atoms with Crippen LogP contribution in [0.3, 0.4) is 0 Å². The molecule has 0 aromatic heterocycles. The van der Waals surface area contributed by atoms with Crippen molar-refractivity contribution in [1.82, 2.24) is 4.72 Å². The first-order valence-electron chi connectivity index (χ1n) is 10.6. The van der Waals surface area contributed by atoms with Crippen LogP contribution in [0.15, 0.2) is 47.4 Å². The van der Waals surface area contributed by atoms with Gasteiger partial charge in [-0.2, -0.15) is 0 Å². The van der Waals surface area contributed by atoms with Gasteiger partial charge in [0.15, 0.2) is 0 Å². The van der Waals surface area contributed by atoms with Gasteiger partial charge in [0, 0.05) is 43.2 Å². The van der Waals surface area contributed by atoms with Gasteiger partial charge < -0.3 is 19.7 Å². The number of anilines is 2. The normalized spacial score (nSPS) is 19.2. The lowest BCUT2D eigenvalue weighted by Crippen LogP contribution is -2.36. The minimum absolute atomic E-state index is 0.0521. The fraction of sp³-hybridized carbons (Fsp3) is 0.409. The highest BCUT2D eigenvalue weighted by molar-refractivity contribution is 7.89. The largest absolute Gasteiger partial charge is 0.378 e. The lowest BCUT2D eigenvalue weighted by molar-refractivity contribution is 0.102. The monoisotopic (exact) mass is 479 g/mol. The van der Waals surface area contributed by atoms with Crippen molar-refractivity contribution in [3.05, 3.63) is 53.1 Å². The van der Waals surface area contributed by atoms with Gasteiger partial charge in [-0.25, -0.2) is 13.1 Å². The molecule has 172 valence electrons. The van der Waals surface area contributed by atoms with Gasteiger partial charge in [-0.05, 0) is 55.3 Å². The van der Waals surface area contributed by atoms with Gasteiger partial charge in [0.1, 0.15) is 4.90 Å². The molecule has 2 aliphatic heterocycles. The number of nitrogens with zero attached hydrogens (tertiary/aromatic N) is 1. The summed E-state index contributed by atoms with van der Waals surface area (Å²) in [6.45, 7) is 3.86. The van der Waals surface area contributed by atoms with Crippen LogP contribution in [0.2, 0.25) is 5.02 Å². The number of carbonyl (C=O) groups is 1. The fourth-order valence-electron chi connectivity index (χ4n) is 3.72. The number of nitrogens with one attached hydrogen (secondary N) is 2. The minimum atomic E-state index is -3.88. The van der Waals surface area contributed by atoms with E-state index in [0.29, 0.717) is 25.5 Å². The third kappa shape index (κ3) is 5.60. The SMILES string of the molecule is O=C(Nc1ccc(N2CCOCC2)cc1)c1ccc(Cl)c(S(=O)(=O)NCC2CCCO2)c1. The Kier molecular flexibility index (Phi) is 7.32. The first-order valence-corrected chi connectivity index (χ1v) is 12.4. The number of amides is 1. The molecule has 0 spiro atoms. The maximum atomic E-state index is 12.7. The summed E-state index contributed by atoms with van der Waals surface area (Å²) in [4.78, 5) is 14.8. The van der Waals surface area contributed by atoms with Gasteiger partial charge in [-0.1, -0.05) is 11.6 Å². The van der Waals surface area contributed by atoms with Crippen LogP contribution in [-0.2, 0) is 19.5 Å². The minimum Gasteiger partial charge on any atom is -0.378 e. The lowest BCUT2D eigenvalue weighted by Gasteiger charge is -2.28. The van der Waals surface area contributed by atoms with Crippen LogP contribution in [0.1, 0.15) is 23.2 Å². The van der Waals surface area contributed by atoms with E-state index in [4.69, 9.17) is 21.1 Å². The molecule has 2 aromatic carbocycles. The van der Waals surface area contributed by atoms with Gasteiger partial charge in [0.2, 0.25) is 10.0 Å². The summed E-state index contributed by atoms with van der Waals surface area (Å²) in [5.41, 5.74) is 1.87. The Morgan fingerprint density at radius 1 is 1.09 bits per heavy atom. The van der Waals surface area contributed by atoms with E-state index in [-0.39, 0.29) is 28.1 Å². The molecule has 2 aromatic rings. The van der Waals surface area contributed by atoms with E-state index in [1.807, 2.05) is 24.3 Å². The summed E-state index contributed by atoms with van der Waals surface area (Å²) in [7, 11) is -3.88. The van der Waals surface area contributed by atoms with E-state index >= 15 is 0 Å². The summed E-state index contributed by atoms with van der Waals surface area (Å²) >= 11 is 6.14. The number of halogens is 1. The number of ether oxygens (including phenoxy) is 2. The second kappa shape index (κ2) is 10.2. The van der Waals surface area contributed by atoms with Crippen molar-refractivity contribution >= 4 is 38.9 Å². The van der Waals surface area contributed by atoms with Crippen LogP contribution in [-0.4, -0.2) is 59.9 Å². The number of morpholine rings is 1. The van der Waals surface area contributed by atoms with Crippen molar-refractivity contribution < 1.29 is 22.7 Å². The molecule has 2 saturated heterocycles. The second-order valence-corrected chi connectivity index (χ2v) is 9.88. The second-order valence-electron chi connectivity index (χ2n) is 7.73. The Balaban J connectivity index is 1.43. The number of carbonyl (C=O) groups excluding carboxylic acids is 1. The van der Waals surface area contributed by atoms with E-state index < -0.39 is 15.9 Å². The quantitative estimate of drug-likeness (QED) is 0.633. The highest BCUT2D eigenvalue weighted by Crippen LogP contribution is 2.24. The lowest BCUT2D eigenvalue weighted by atomic mass is 10.2. The van der Waals surface area contributed by atoms with Crippen LogP contribution in [0.25, 0.3) is 0 Å². The van der Waals surface area contributed by atoms with E-state index in [1.165, 1.54) is 18.2 Å². The molecule has 2 aliphatic rings. The summed E-state index contributed by atoms with van der Waals surface area (Å²) in [5.74, 6) is -0.420. The molecule has 1 amide bonds. The van der Waals surface area contributed by atoms with Crippen molar-refractivity contribution in [3.8, 4) is 0 Å². The van der Waals surface area contributed by atoms with Crippen molar-refractivity contribution in [2.24, 2.45) is 0 Å². The molecule has 1 atom stereocenters. The van der Waals surface area contributed by atoms with Crippen molar-refractivity contribution in [3.63, 3.8) is 0 Å². The molecule has 2 heterocycles. The smallest absolute Gasteiger partial charge is 0.255 e. The summed E-state index contributed by atoms with van der Waals surface area (Å²) < 4.78 is 38.8. The summed E-state index contributed by atoms with van der Waals surface area (Å²) in [6, 6.07) is 11.7. The molecule has 0 aliphatic carbocycles. The van der Waals surface area contributed by atoms with Gasteiger partial charge in [0.05, 0.1) is 24.3 Å². The number of hydrogen-bond acceptors (Lipinski definition) is 6. The number of benzene rings is 2. The molecular formula is C22H26ClN3O5S. The van der Waals surface area contributed by atoms with Crippen LogP contribution in [0.4, 0.5) is 11.4 Å². The predicted molar refractivity (Wildman–Crippen MR) is 123 cm³/mol. The zero-order chi connectivity index (χ0) is 22.6. The average molecular weight is 480 g/mol. The standard InChI is InChI=1S/C22H26ClN3O5S/c23-20-8-3-16(14-21(20)32(28,29)24-15-19-2-1-11-31-19)22(27)25-17-4-6-18(7-5-17)26-9-12-30-13-10-26/h3-8,14,19,24H,1-2,9-13,15H2,(H,25,27). The molecule has 0 bridgehead atoms. The third-order valence-corrected chi connectivity index (χ3v) is 7.41. The maximum absolute atomic E-state index is 12.7. The molecule has 10 heteroatoms. The average Bonchev–Trinajstić information content (AvgIpc) is 3.33. The molecular weight excluding hydrogens is 454 g/mol. The Bertz CT molecular complexity index is 1050. The number of hydrogen-bond donors (Lipinski definition) is 2. The van der Waals surface area contributed by atoms with Crippen molar-refractivity contribution in [2.45, 2.75) is 23.8 Å². The highest BCUT2D eigenvalue weighted by Gasteiger charge is 2.23. The first-order chi connectivity index (χ1) is 15.4. The molecule has 1 unspecified atom stereocenters. The van der Waals surface area contributed by atoms with Crippen LogP contribution in [0, 0.1) is 0 Å². The van der Waals surface area contributed by atoms with Crippen LogP contribution < -0.4 is 14.9 Å². The van der Waals surface area contributed by atoms with Crippen LogP contribution >= 0.6 is 11.6 Å². The number of rotatable bonds is 7. The molecule has 0 radical (unpaired) electrons. The van der Waals surface area contributed by atoms with E-state index in [0.717, 1.165) is 31.6 Å². The van der Waals surface area contributed by atoms with E-state index in [2.05, 4.69) is 14.9 Å². The highest BCUT2D eigenvalue weighted by atomic mass is 35.5. The first kappa shape index (κ1) is 23.0. The van der Waals surface area contributed by atoms with Gasteiger partial charge in [0.25, 0.3) is 5.91 Å². The fourth-order valence-corrected chi connectivity index (χ4v) is 5.31. The zero-order valence-electron chi connectivity index (χ0n) is 17.6. The topological polar surface area (TPSA) is 97.0 Å². The third-order valence-electron chi connectivity index (χ3n) is 5.51. The van der Waals surface area contributed by atoms with Crippen LogP contribution in [0.5, 0.6) is 0 Å².